The minimum Gasteiger partial charge on any atom is -0.458 e. The summed E-state index contributed by atoms with van der Waals surface area (Å²) in [7, 11) is -1.88. The number of rotatable bonds is 13. The number of carbonyl (C=O) groups is 5. The Morgan fingerprint density at radius 2 is 1.35 bits per heavy atom. The van der Waals surface area contributed by atoms with E-state index in [9.17, 15) is 28.5 Å². The molecule has 1 fully saturated rings. The fraction of sp³-hybridized carbons (Fsp3) is 0.512. The number of nitrogens with one attached hydrogen (secondary N) is 1. The van der Waals surface area contributed by atoms with Crippen molar-refractivity contribution in [2.75, 3.05) is 20.8 Å². The molecule has 57 heavy (non-hydrogen) atoms. The topological polar surface area (TPSA) is 158 Å². The van der Waals surface area contributed by atoms with Gasteiger partial charge in [-0.05, 0) is 95.2 Å². The van der Waals surface area contributed by atoms with Gasteiger partial charge in [-0.1, -0.05) is 68.4 Å². The Hall–Kier alpha value is -4.58. The molecule has 1 saturated heterocycles. The Kier molecular flexibility index (Phi) is 13.1. The van der Waals surface area contributed by atoms with E-state index in [1.807, 2.05) is 56.3 Å². The van der Waals surface area contributed by atoms with E-state index in [1.165, 1.54) is 14.2 Å². The predicted octanol–water partition coefficient (Wildman–Crippen LogP) is 7.60. The molecule has 4 amide bonds. The molecule has 308 valence electrons. The van der Waals surface area contributed by atoms with E-state index >= 15 is 0 Å². The SMILES string of the molecule is COP(=O)(OC)[C@@H]1[C@H](CCN2C(=O)c3cccc4cccc(c34)C2=O)[C@@H](CC(C)C)[C@H](C(=O)N[C@@H](Cc2ccccc2)C(=O)OC(C)(C)C)N1C(=O)OC(C)(C)C. The Bertz CT molecular complexity index is 1980. The lowest BCUT2D eigenvalue weighted by molar-refractivity contribution is -0.159. The van der Waals surface area contributed by atoms with E-state index in [0.717, 1.165) is 20.7 Å². The van der Waals surface area contributed by atoms with Crippen LogP contribution in [0.5, 0.6) is 0 Å². The quantitative estimate of drug-likeness (QED) is 0.104. The van der Waals surface area contributed by atoms with Crippen molar-refractivity contribution < 1.29 is 47.1 Å². The van der Waals surface area contributed by atoms with Gasteiger partial charge in [0.1, 0.15) is 29.1 Å². The van der Waals surface area contributed by atoms with E-state index in [2.05, 4.69) is 5.32 Å². The van der Waals surface area contributed by atoms with Gasteiger partial charge in [-0.25, -0.2) is 9.59 Å². The van der Waals surface area contributed by atoms with Crippen LogP contribution in [-0.2, 0) is 39.1 Å². The summed E-state index contributed by atoms with van der Waals surface area (Å²) in [6.07, 6.45) is -0.492. The number of ether oxygens (including phenoxy) is 2. The molecule has 3 aromatic carbocycles. The highest BCUT2D eigenvalue weighted by Gasteiger charge is 2.62. The lowest BCUT2D eigenvalue weighted by Crippen LogP contribution is -2.56. The van der Waals surface area contributed by atoms with Crippen LogP contribution in [0.15, 0.2) is 66.7 Å². The lowest BCUT2D eigenvalue weighted by Gasteiger charge is -2.36. The molecule has 2 heterocycles. The van der Waals surface area contributed by atoms with Crippen molar-refractivity contribution in [1.82, 2.24) is 15.1 Å². The minimum absolute atomic E-state index is 0.0248. The van der Waals surface area contributed by atoms with Crippen molar-refractivity contribution in [2.24, 2.45) is 17.8 Å². The van der Waals surface area contributed by atoms with Crippen LogP contribution < -0.4 is 5.32 Å². The van der Waals surface area contributed by atoms with Gasteiger partial charge in [0, 0.05) is 43.7 Å². The normalized spacial score (nSPS) is 20.5. The third-order valence-electron chi connectivity index (χ3n) is 10.2. The summed E-state index contributed by atoms with van der Waals surface area (Å²) >= 11 is 0. The summed E-state index contributed by atoms with van der Waals surface area (Å²) in [5, 5.41) is 4.24. The number of esters is 1. The number of benzene rings is 3. The number of carbonyl (C=O) groups excluding carboxylic acids is 5. The van der Waals surface area contributed by atoms with E-state index in [0.29, 0.717) is 22.9 Å². The fourth-order valence-corrected chi connectivity index (χ4v) is 9.98. The van der Waals surface area contributed by atoms with Crippen LogP contribution in [0.4, 0.5) is 4.79 Å². The molecular weight excluding hydrogens is 749 g/mol. The Morgan fingerprint density at radius 3 is 1.86 bits per heavy atom. The molecule has 2 aliphatic rings. The average molecular weight is 806 g/mol. The summed E-state index contributed by atoms with van der Waals surface area (Å²) < 4.78 is 37.6. The molecule has 0 bridgehead atoms. The standard InChI is InChI=1S/C43H56N3O10P/c1-26(2)24-32-29(22-23-45-37(48)30-20-14-18-28-19-15-21-31(34(28)30)38(45)49)39(57(52,53-9)54-10)46(41(51)56-43(6,7)8)35(32)36(47)44-33(40(50)55-42(3,4)5)25-27-16-12-11-13-17-27/h11-21,26,29,32-33,35,39H,22-25H2,1-10H3,(H,44,47)/t29-,32-,33+,35-,39-/m1/s1. The van der Waals surface area contributed by atoms with Gasteiger partial charge in [0.25, 0.3) is 11.8 Å². The van der Waals surface area contributed by atoms with Crippen molar-refractivity contribution in [3.8, 4) is 0 Å². The predicted molar refractivity (Wildman–Crippen MR) is 216 cm³/mol. The number of nitrogens with zero attached hydrogens (tertiary/aromatic N) is 2. The van der Waals surface area contributed by atoms with E-state index < -0.39 is 78.3 Å². The summed E-state index contributed by atoms with van der Waals surface area (Å²) in [6.45, 7) is 14.0. The zero-order valence-corrected chi connectivity index (χ0v) is 35.5. The Morgan fingerprint density at radius 1 is 0.789 bits per heavy atom. The summed E-state index contributed by atoms with van der Waals surface area (Å²) in [6, 6.07) is 17.2. The highest BCUT2D eigenvalue weighted by atomic mass is 31.2. The first-order chi connectivity index (χ1) is 26.7. The molecule has 13 nitrogen and oxygen atoms in total. The highest BCUT2D eigenvalue weighted by molar-refractivity contribution is 7.54. The van der Waals surface area contributed by atoms with Crippen LogP contribution in [0.1, 0.15) is 94.5 Å². The van der Waals surface area contributed by atoms with Gasteiger partial charge in [0.05, 0.1) is 0 Å². The number of hydrogen-bond donors (Lipinski definition) is 1. The summed E-state index contributed by atoms with van der Waals surface area (Å²) in [5.74, 6) is -5.35. The number of imide groups is 1. The van der Waals surface area contributed by atoms with Crippen molar-refractivity contribution >= 4 is 48.2 Å². The number of likely N-dealkylation sites (tertiary alicyclic amines) is 1. The summed E-state index contributed by atoms with van der Waals surface area (Å²) in [5.41, 5.74) is -0.394. The van der Waals surface area contributed by atoms with Crippen molar-refractivity contribution in [3.05, 3.63) is 83.4 Å². The second-order valence-corrected chi connectivity index (χ2v) is 19.5. The molecule has 0 aliphatic carbocycles. The van der Waals surface area contributed by atoms with Crippen LogP contribution >= 0.6 is 7.60 Å². The fourth-order valence-electron chi connectivity index (χ4n) is 8.01. The van der Waals surface area contributed by atoms with Gasteiger partial charge < -0.3 is 23.8 Å². The van der Waals surface area contributed by atoms with Crippen molar-refractivity contribution in [1.29, 1.82) is 0 Å². The van der Waals surface area contributed by atoms with E-state index in [4.69, 9.17) is 18.5 Å². The molecular formula is C43H56N3O10P. The molecule has 2 aliphatic heterocycles. The molecule has 0 aromatic heterocycles. The zero-order valence-electron chi connectivity index (χ0n) is 34.6. The Balaban J connectivity index is 1.61. The van der Waals surface area contributed by atoms with E-state index in [-0.39, 0.29) is 25.3 Å². The first-order valence-electron chi connectivity index (χ1n) is 19.4. The largest absolute Gasteiger partial charge is 0.458 e. The monoisotopic (exact) mass is 805 g/mol. The molecule has 5 rings (SSSR count). The molecule has 0 spiro atoms. The second-order valence-electron chi connectivity index (χ2n) is 17.2. The maximum absolute atomic E-state index is 15.0. The van der Waals surface area contributed by atoms with Crippen molar-refractivity contribution in [2.45, 2.75) is 104 Å². The molecule has 0 radical (unpaired) electrons. The average Bonchev–Trinajstić information content (AvgIpc) is 3.46. The second kappa shape index (κ2) is 17.1. The minimum atomic E-state index is -4.28. The van der Waals surface area contributed by atoms with Crippen LogP contribution in [0.2, 0.25) is 0 Å². The van der Waals surface area contributed by atoms with Crippen LogP contribution in [-0.4, -0.2) is 89.4 Å². The van der Waals surface area contributed by atoms with Gasteiger partial charge in [-0.15, -0.1) is 0 Å². The van der Waals surface area contributed by atoms with Crippen LogP contribution in [0, 0.1) is 17.8 Å². The van der Waals surface area contributed by atoms with E-state index in [1.54, 1.807) is 65.8 Å². The van der Waals surface area contributed by atoms with Crippen LogP contribution in [0.25, 0.3) is 10.8 Å². The maximum Gasteiger partial charge on any atom is 0.411 e. The van der Waals surface area contributed by atoms with Gasteiger partial charge in [0.2, 0.25) is 5.91 Å². The van der Waals surface area contributed by atoms with Crippen molar-refractivity contribution in [3.63, 3.8) is 0 Å². The van der Waals surface area contributed by atoms with Crippen LogP contribution in [0.3, 0.4) is 0 Å². The first kappa shape index (κ1) is 43.5. The molecule has 1 N–H and O–H groups in total. The smallest absolute Gasteiger partial charge is 0.411 e. The lowest BCUT2D eigenvalue weighted by atomic mass is 9.81. The van der Waals surface area contributed by atoms with Gasteiger partial charge in [-0.3, -0.25) is 28.7 Å². The highest BCUT2D eigenvalue weighted by Crippen LogP contribution is 2.62. The first-order valence-corrected chi connectivity index (χ1v) is 21.0. The third kappa shape index (κ3) is 9.59. The molecule has 5 atom stereocenters. The summed E-state index contributed by atoms with van der Waals surface area (Å²) in [4.78, 5) is 73.5. The molecule has 0 saturated carbocycles. The van der Waals surface area contributed by atoms with Gasteiger partial charge in [-0.2, -0.15) is 0 Å². The van der Waals surface area contributed by atoms with Gasteiger partial charge in [0.15, 0.2) is 0 Å². The van der Waals surface area contributed by atoms with Gasteiger partial charge >= 0.3 is 19.7 Å². The maximum atomic E-state index is 15.0. The number of hydrogen-bond acceptors (Lipinski definition) is 10. The zero-order chi connectivity index (χ0) is 42.0. The third-order valence-corrected chi connectivity index (χ3v) is 12.5. The molecule has 3 aromatic rings. The number of amides is 4. The Labute approximate surface area is 335 Å². The molecule has 14 heteroatoms. The molecule has 0 unspecified atom stereocenters.